The second-order valence-corrected chi connectivity index (χ2v) is 7.01. The molecule has 0 saturated carbocycles. The van der Waals surface area contributed by atoms with Crippen molar-refractivity contribution < 1.29 is 4.79 Å². The van der Waals surface area contributed by atoms with Crippen molar-refractivity contribution >= 4 is 28.9 Å². The molecule has 26 heavy (non-hydrogen) atoms. The maximum Gasteiger partial charge on any atom is 0.332 e. The van der Waals surface area contributed by atoms with E-state index in [1.807, 2.05) is 20.8 Å². The number of aromatic nitrogens is 2. The standard InChI is InChI=1S/C18H23ClN4O3/c1-10(2)9-23-16(20)15(17(25)22(4)18(23)26)14(24)8-21-13-7-5-6-12(19)11(13)3/h5-7,10,21H,8-9,20H2,1-4H3. The summed E-state index contributed by atoms with van der Waals surface area (Å²) in [6, 6.07) is 5.30. The van der Waals surface area contributed by atoms with E-state index in [0.717, 1.165) is 10.1 Å². The quantitative estimate of drug-likeness (QED) is 0.749. The Morgan fingerprint density at radius 1 is 1.31 bits per heavy atom. The van der Waals surface area contributed by atoms with Crippen LogP contribution in [0.25, 0.3) is 0 Å². The molecule has 0 amide bonds. The molecule has 8 heteroatoms. The summed E-state index contributed by atoms with van der Waals surface area (Å²) in [5, 5.41) is 3.55. The number of nitrogen functional groups attached to an aromatic ring is 1. The van der Waals surface area contributed by atoms with Gasteiger partial charge in [-0.3, -0.25) is 18.7 Å². The second-order valence-electron chi connectivity index (χ2n) is 6.60. The minimum absolute atomic E-state index is 0.0959. The SMILES string of the molecule is Cc1c(Cl)cccc1NCC(=O)c1c(N)n(CC(C)C)c(=O)n(C)c1=O. The lowest BCUT2D eigenvalue weighted by Gasteiger charge is -2.16. The summed E-state index contributed by atoms with van der Waals surface area (Å²) in [6.45, 7) is 5.84. The van der Waals surface area contributed by atoms with Crippen molar-refractivity contribution in [1.82, 2.24) is 9.13 Å². The number of nitrogens with one attached hydrogen (secondary N) is 1. The molecule has 0 fully saturated rings. The predicted molar refractivity (Wildman–Crippen MR) is 104 cm³/mol. The van der Waals surface area contributed by atoms with Crippen molar-refractivity contribution in [3.8, 4) is 0 Å². The lowest BCUT2D eigenvalue weighted by atomic mass is 10.1. The topological polar surface area (TPSA) is 99.1 Å². The van der Waals surface area contributed by atoms with E-state index in [0.29, 0.717) is 17.3 Å². The first kappa shape index (κ1) is 19.8. The average molecular weight is 379 g/mol. The smallest absolute Gasteiger partial charge is 0.332 e. The fourth-order valence-electron chi connectivity index (χ4n) is 2.65. The minimum Gasteiger partial charge on any atom is -0.384 e. The van der Waals surface area contributed by atoms with E-state index in [4.69, 9.17) is 17.3 Å². The average Bonchev–Trinajstić information content (AvgIpc) is 2.58. The number of carbonyl (C=O) groups excluding carboxylic acids is 1. The molecule has 0 radical (unpaired) electrons. The number of hydrogen-bond donors (Lipinski definition) is 2. The fourth-order valence-corrected chi connectivity index (χ4v) is 2.82. The number of benzene rings is 1. The van der Waals surface area contributed by atoms with Crippen LogP contribution in [0, 0.1) is 12.8 Å². The zero-order valence-electron chi connectivity index (χ0n) is 15.3. The molecule has 2 aromatic rings. The zero-order valence-corrected chi connectivity index (χ0v) is 16.1. The molecule has 0 aliphatic heterocycles. The van der Waals surface area contributed by atoms with Crippen molar-refractivity contribution in [3.05, 3.63) is 55.2 Å². The van der Waals surface area contributed by atoms with Crippen LogP contribution in [0.4, 0.5) is 11.5 Å². The molecule has 140 valence electrons. The van der Waals surface area contributed by atoms with E-state index in [1.54, 1.807) is 18.2 Å². The van der Waals surface area contributed by atoms with Gasteiger partial charge < -0.3 is 11.1 Å². The molecule has 1 aromatic carbocycles. The molecule has 1 heterocycles. The number of halogens is 1. The molecule has 7 nitrogen and oxygen atoms in total. The Hall–Kier alpha value is -2.54. The molecule has 0 aliphatic rings. The highest BCUT2D eigenvalue weighted by Gasteiger charge is 2.21. The Morgan fingerprint density at radius 2 is 1.96 bits per heavy atom. The van der Waals surface area contributed by atoms with Gasteiger partial charge in [0.05, 0.1) is 6.54 Å². The van der Waals surface area contributed by atoms with Gasteiger partial charge in [-0.2, -0.15) is 0 Å². The van der Waals surface area contributed by atoms with Crippen LogP contribution in [0.1, 0.15) is 29.8 Å². The normalized spacial score (nSPS) is 11.0. The summed E-state index contributed by atoms with van der Waals surface area (Å²) in [6.07, 6.45) is 0. The van der Waals surface area contributed by atoms with E-state index >= 15 is 0 Å². The molecule has 0 unspecified atom stereocenters. The summed E-state index contributed by atoms with van der Waals surface area (Å²) >= 11 is 6.07. The molecule has 0 saturated heterocycles. The third kappa shape index (κ3) is 3.83. The number of ketones is 1. The van der Waals surface area contributed by atoms with Crippen molar-refractivity contribution in [1.29, 1.82) is 0 Å². The van der Waals surface area contributed by atoms with Gasteiger partial charge >= 0.3 is 5.69 Å². The molecular weight excluding hydrogens is 356 g/mol. The molecule has 3 N–H and O–H groups in total. The maximum atomic E-state index is 12.7. The van der Waals surface area contributed by atoms with E-state index < -0.39 is 17.0 Å². The predicted octanol–water partition coefficient (Wildman–Crippen LogP) is 2.04. The summed E-state index contributed by atoms with van der Waals surface area (Å²) < 4.78 is 2.18. The number of carbonyl (C=O) groups is 1. The number of Topliss-reactive ketones (excluding diaryl/α,β-unsaturated/α-hetero) is 1. The van der Waals surface area contributed by atoms with Gasteiger partial charge in [0.2, 0.25) is 0 Å². The lowest BCUT2D eigenvalue weighted by Crippen LogP contribution is -2.43. The van der Waals surface area contributed by atoms with Crippen molar-refractivity contribution in [2.45, 2.75) is 27.3 Å². The van der Waals surface area contributed by atoms with Gasteiger partial charge in [0.1, 0.15) is 11.4 Å². The number of hydrogen-bond acceptors (Lipinski definition) is 5. The third-order valence-electron chi connectivity index (χ3n) is 4.12. The first-order valence-corrected chi connectivity index (χ1v) is 8.64. The van der Waals surface area contributed by atoms with Gasteiger partial charge in [-0.05, 0) is 30.5 Å². The van der Waals surface area contributed by atoms with E-state index in [-0.39, 0.29) is 23.8 Å². The molecule has 0 aliphatic carbocycles. The first-order valence-electron chi connectivity index (χ1n) is 8.26. The Balaban J connectivity index is 2.39. The molecule has 0 atom stereocenters. The van der Waals surface area contributed by atoms with Crippen LogP contribution in [0.3, 0.4) is 0 Å². The Bertz CT molecular complexity index is 960. The maximum absolute atomic E-state index is 12.7. The minimum atomic E-state index is -0.692. The Kier molecular flexibility index (Phi) is 5.92. The summed E-state index contributed by atoms with van der Waals surface area (Å²) in [5.41, 5.74) is 6.09. The highest BCUT2D eigenvalue weighted by Crippen LogP contribution is 2.22. The number of rotatable bonds is 6. The summed E-state index contributed by atoms with van der Waals surface area (Å²) in [5.74, 6) is -0.455. The molecule has 0 spiro atoms. The molecule has 0 bridgehead atoms. The summed E-state index contributed by atoms with van der Waals surface area (Å²) in [7, 11) is 1.34. The van der Waals surface area contributed by atoms with Gasteiger partial charge in [0.25, 0.3) is 5.56 Å². The van der Waals surface area contributed by atoms with Crippen LogP contribution in [-0.2, 0) is 13.6 Å². The highest BCUT2D eigenvalue weighted by molar-refractivity contribution is 6.31. The third-order valence-corrected chi connectivity index (χ3v) is 4.53. The zero-order chi connectivity index (χ0) is 19.6. The van der Waals surface area contributed by atoms with Gasteiger partial charge in [0.15, 0.2) is 5.78 Å². The van der Waals surface area contributed by atoms with Crippen LogP contribution in [0.15, 0.2) is 27.8 Å². The summed E-state index contributed by atoms with van der Waals surface area (Å²) in [4.78, 5) is 37.4. The second kappa shape index (κ2) is 7.78. The Morgan fingerprint density at radius 3 is 2.58 bits per heavy atom. The Labute approximate surface area is 156 Å². The van der Waals surface area contributed by atoms with Gasteiger partial charge in [0, 0.05) is 24.3 Å². The van der Waals surface area contributed by atoms with Crippen LogP contribution < -0.4 is 22.3 Å². The van der Waals surface area contributed by atoms with E-state index in [2.05, 4.69) is 5.32 Å². The number of nitrogens with zero attached hydrogens (tertiary/aromatic N) is 2. The van der Waals surface area contributed by atoms with Crippen LogP contribution in [-0.4, -0.2) is 21.5 Å². The van der Waals surface area contributed by atoms with Crippen molar-refractivity contribution in [2.24, 2.45) is 13.0 Å². The van der Waals surface area contributed by atoms with Crippen LogP contribution >= 0.6 is 11.6 Å². The number of nitrogens with two attached hydrogens (primary N) is 1. The fraction of sp³-hybridized carbons (Fsp3) is 0.389. The molecule has 2 rings (SSSR count). The largest absolute Gasteiger partial charge is 0.384 e. The van der Waals surface area contributed by atoms with Gasteiger partial charge in [-0.25, -0.2) is 4.79 Å². The van der Waals surface area contributed by atoms with Gasteiger partial charge in [-0.15, -0.1) is 0 Å². The molecular formula is C18H23ClN4O3. The monoisotopic (exact) mass is 378 g/mol. The van der Waals surface area contributed by atoms with Crippen LogP contribution in [0.2, 0.25) is 5.02 Å². The van der Waals surface area contributed by atoms with Crippen molar-refractivity contribution in [3.63, 3.8) is 0 Å². The van der Waals surface area contributed by atoms with E-state index in [1.165, 1.54) is 11.6 Å². The van der Waals surface area contributed by atoms with Crippen molar-refractivity contribution in [2.75, 3.05) is 17.6 Å². The highest BCUT2D eigenvalue weighted by atomic mass is 35.5. The number of anilines is 2. The molecule has 1 aromatic heterocycles. The van der Waals surface area contributed by atoms with Gasteiger partial charge in [-0.1, -0.05) is 31.5 Å². The van der Waals surface area contributed by atoms with E-state index in [9.17, 15) is 14.4 Å². The lowest BCUT2D eigenvalue weighted by molar-refractivity contribution is 0.100. The van der Waals surface area contributed by atoms with Crippen LogP contribution in [0.5, 0.6) is 0 Å². The first-order chi connectivity index (χ1) is 12.1.